The first-order valence-electron chi connectivity index (χ1n) is 7.37. The lowest BCUT2D eigenvalue weighted by Gasteiger charge is -2.13. The second-order valence-electron chi connectivity index (χ2n) is 4.94. The number of amides is 1. The van der Waals surface area contributed by atoms with E-state index in [0.29, 0.717) is 28.1 Å². The van der Waals surface area contributed by atoms with E-state index in [1.54, 1.807) is 25.3 Å². The molecule has 0 unspecified atom stereocenters. The Morgan fingerprint density at radius 3 is 2.80 bits per heavy atom. The van der Waals surface area contributed by atoms with Gasteiger partial charge in [-0.1, -0.05) is 30.3 Å². The van der Waals surface area contributed by atoms with Gasteiger partial charge in [0.1, 0.15) is 13.0 Å². The fourth-order valence-electron chi connectivity index (χ4n) is 1.97. The number of hydrogen-bond donors (Lipinski definition) is 1. The Morgan fingerprint density at radius 2 is 2.12 bits per heavy atom. The molecule has 0 saturated carbocycles. The highest BCUT2D eigenvalue weighted by atomic mass is 79.9. The van der Waals surface area contributed by atoms with Crippen LogP contribution in [-0.2, 0) is 11.4 Å². The number of carbonyl (C=O) groups excluding carboxylic acids is 1. The number of hydrogen-bond acceptors (Lipinski definition) is 5. The highest BCUT2D eigenvalue weighted by molar-refractivity contribution is 9.10. The average Bonchev–Trinajstić information content (AvgIpc) is 2.61. The van der Waals surface area contributed by atoms with Gasteiger partial charge in [-0.15, -0.1) is 0 Å². The van der Waals surface area contributed by atoms with Gasteiger partial charge < -0.3 is 9.47 Å². The highest BCUT2D eigenvalue weighted by Gasteiger charge is 2.11. The van der Waals surface area contributed by atoms with Gasteiger partial charge in [-0.3, -0.25) is 4.79 Å². The molecule has 128 valence electrons. The van der Waals surface area contributed by atoms with Gasteiger partial charge in [-0.25, -0.2) is 5.43 Å². The minimum atomic E-state index is -0.465. The number of rotatable bonds is 7. The fraction of sp³-hybridized carbons (Fsp3) is 0.167. The smallest absolute Gasteiger partial charge is 0.254 e. The molecule has 2 aromatic carbocycles. The monoisotopic (exact) mass is 401 g/mol. The largest absolute Gasteiger partial charge is 0.493 e. The number of halogens is 1. The lowest BCUT2D eigenvalue weighted by molar-refractivity contribution is -0.120. The van der Waals surface area contributed by atoms with E-state index in [-0.39, 0.29) is 6.42 Å². The minimum Gasteiger partial charge on any atom is -0.493 e. The molecule has 0 aromatic heterocycles. The Morgan fingerprint density at radius 1 is 1.36 bits per heavy atom. The van der Waals surface area contributed by atoms with Gasteiger partial charge in [-0.2, -0.15) is 10.4 Å². The van der Waals surface area contributed by atoms with Crippen LogP contribution in [0.25, 0.3) is 0 Å². The zero-order valence-corrected chi connectivity index (χ0v) is 15.1. The third kappa shape index (κ3) is 5.62. The molecule has 0 atom stereocenters. The van der Waals surface area contributed by atoms with Crippen molar-refractivity contribution >= 4 is 28.1 Å². The molecule has 6 nitrogen and oxygen atoms in total. The predicted molar refractivity (Wildman–Crippen MR) is 97.4 cm³/mol. The van der Waals surface area contributed by atoms with Crippen molar-refractivity contribution in [1.29, 1.82) is 5.26 Å². The Labute approximate surface area is 154 Å². The summed E-state index contributed by atoms with van der Waals surface area (Å²) in [5, 5.41) is 12.2. The van der Waals surface area contributed by atoms with Gasteiger partial charge in [0, 0.05) is 0 Å². The number of benzene rings is 2. The van der Waals surface area contributed by atoms with Crippen LogP contribution in [0.1, 0.15) is 17.5 Å². The molecule has 0 radical (unpaired) electrons. The zero-order chi connectivity index (χ0) is 18.1. The van der Waals surface area contributed by atoms with Crippen molar-refractivity contribution in [2.45, 2.75) is 13.0 Å². The molecule has 0 bridgehead atoms. The number of ether oxygens (including phenoxy) is 2. The molecule has 0 spiro atoms. The van der Waals surface area contributed by atoms with Crippen molar-refractivity contribution in [3.63, 3.8) is 0 Å². The summed E-state index contributed by atoms with van der Waals surface area (Å²) in [6, 6.07) is 15.1. The number of hydrazone groups is 1. The molecule has 2 aromatic rings. The van der Waals surface area contributed by atoms with Crippen LogP contribution in [0, 0.1) is 11.3 Å². The van der Waals surface area contributed by atoms with Crippen molar-refractivity contribution in [3.05, 3.63) is 58.1 Å². The summed E-state index contributed by atoms with van der Waals surface area (Å²) in [7, 11) is 1.55. The summed E-state index contributed by atoms with van der Waals surface area (Å²) in [5.74, 6) is 0.653. The topological polar surface area (TPSA) is 83.7 Å². The Kier molecular flexibility index (Phi) is 6.99. The van der Waals surface area contributed by atoms with Crippen LogP contribution in [0.3, 0.4) is 0 Å². The predicted octanol–water partition coefficient (Wildman–Crippen LogP) is 3.40. The second-order valence-corrected chi connectivity index (χ2v) is 5.79. The molecule has 1 N–H and O–H groups in total. The van der Waals surface area contributed by atoms with Crippen LogP contribution in [0.15, 0.2) is 52.0 Å². The van der Waals surface area contributed by atoms with Crippen molar-refractivity contribution < 1.29 is 14.3 Å². The summed E-state index contributed by atoms with van der Waals surface area (Å²) in [6.45, 7) is 0.410. The maximum Gasteiger partial charge on any atom is 0.254 e. The summed E-state index contributed by atoms with van der Waals surface area (Å²) >= 11 is 3.46. The number of nitrogens with one attached hydrogen (secondary N) is 1. The van der Waals surface area contributed by atoms with Crippen molar-refractivity contribution in [2.24, 2.45) is 5.10 Å². The quantitative estimate of drug-likeness (QED) is 0.569. The standard InChI is InChI=1S/C18H16BrN3O3/c1-24-16-10-14(11-21-22-17(23)7-8-20)9-15(19)18(16)25-12-13-5-3-2-4-6-13/h2-6,9-11H,7,12H2,1H3,(H,22,23)/b21-11-. The zero-order valence-electron chi connectivity index (χ0n) is 13.5. The molecule has 0 aliphatic carbocycles. The van der Waals surface area contributed by atoms with Crippen molar-refractivity contribution in [1.82, 2.24) is 5.43 Å². The van der Waals surface area contributed by atoms with Gasteiger partial charge in [0.05, 0.1) is 23.9 Å². The summed E-state index contributed by atoms with van der Waals surface area (Å²) in [5.41, 5.74) is 4.02. The molecule has 0 saturated heterocycles. The van der Waals surface area contributed by atoms with E-state index in [1.165, 1.54) is 6.21 Å². The lowest BCUT2D eigenvalue weighted by Crippen LogP contribution is -2.16. The van der Waals surface area contributed by atoms with Crippen LogP contribution < -0.4 is 14.9 Å². The minimum absolute atomic E-state index is 0.239. The lowest BCUT2D eigenvalue weighted by atomic mass is 10.2. The number of methoxy groups -OCH3 is 1. The third-order valence-corrected chi connectivity index (χ3v) is 3.71. The first-order valence-corrected chi connectivity index (χ1v) is 8.16. The molecule has 0 aliphatic heterocycles. The summed E-state index contributed by atoms with van der Waals surface area (Å²) < 4.78 is 11.9. The molecular formula is C18H16BrN3O3. The van der Waals surface area contributed by atoms with Gasteiger partial charge >= 0.3 is 0 Å². The Balaban J connectivity index is 2.10. The molecule has 7 heteroatoms. The van der Waals surface area contributed by atoms with Gasteiger partial charge in [0.2, 0.25) is 0 Å². The van der Waals surface area contributed by atoms with Crippen molar-refractivity contribution in [2.75, 3.05) is 7.11 Å². The summed E-state index contributed by atoms with van der Waals surface area (Å²) in [4.78, 5) is 11.2. The number of carbonyl (C=O) groups is 1. The Hall–Kier alpha value is -2.85. The van der Waals surface area contributed by atoms with Gasteiger partial charge in [-0.05, 0) is 39.2 Å². The molecule has 0 heterocycles. The molecule has 0 aliphatic rings. The van der Waals surface area contributed by atoms with E-state index < -0.39 is 5.91 Å². The van der Waals surface area contributed by atoms with E-state index in [1.807, 2.05) is 30.3 Å². The highest BCUT2D eigenvalue weighted by Crippen LogP contribution is 2.36. The van der Waals surface area contributed by atoms with Crippen LogP contribution in [0.4, 0.5) is 0 Å². The molecular weight excluding hydrogens is 386 g/mol. The Bertz CT molecular complexity index is 801. The average molecular weight is 402 g/mol. The maximum absolute atomic E-state index is 11.2. The number of nitriles is 1. The maximum atomic E-state index is 11.2. The van der Waals surface area contributed by atoms with E-state index in [2.05, 4.69) is 26.5 Å². The molecule has 25 heavy (non-hydrogen) atoms. The van der Waals surface area contributed by atoms with Crippen LogP contribution in [0.2, 0.25) is 0 Å². The SMILES string of the molecule is COc1cc(/C=N\NC(=O)CC#N)cc(Br)c1OCc1ccccc1. The first-order chi connectivity index (χ1) is 12.1. The first kappa shape index (κ1) is 18.5. The summed E-state index contributed by atoms with van der Waals surface area (Å²) in [6.07, 6.45) is 1.22. The number of nitrogens with zero attached hydrogens (tertiary/aromatic N) is 2. The van der Waals surface area contributed by atoms with E-state index >= 15 is 0 Å². The van der Waals surface area contributed by atoms with E-state index in [9.17, 15) is 4.79 Å². The normalized spacial score (nSPS) is 10.3. The van der Waals surface area contributed by atoms with E-state index in [0.717, 1.165) is 5.56 Å². The van der Waals surface area contributed by atoms with Crippen LogP contribution >= 0.6 is 15.9 Å². The van der Waals surface area contributed by atoms with Gasteiger partial charge in [0.15, 0.2) is 11.5 Å². The molecule has 2 rings (SSSR count). The van der Waals surface area contributed by atoms with Gasteiger partial charge in [0.25, 0.3) is 5.91 Å². The van der Waals surface area contributed by atoms with Crippen LogP contribution in [0.5, 0.6) is 11.5 Å². The van der Waals surface area contributed by atoms with Crippen LogP contribution in [-0.4, -0.2) is 19.2 Å². The van der Waals surface area contributed by atoms with E-state index in [4.69, 9.17) is 14.7 Å². The molecule has 1 amide bonds. The third-order valence-electron chi connectivity index (χ3n) is 3.12. The fourth-order valence-corrected chi connectivity index (χ4v) is 2.55. The second kappa shape index (κ2) is 9.45. The van der Waals surface area contributed by atoms with Crippen molar-refractivity contribution in [3.8, 4) is 17.6 Å². The molecule has 0 fully saturated rings.